The summed E-state index contributed by atoms with van der Waals surface area (Å²) in [7, 11) is 1.66. The molecule has 0 spiro atoms. The summed E-state index contributed by atoms with van der Waals surface area (Å²) in [5.74, 6) is -0.0625. The zero-order valence-electron chi connectivity index (χ0n) is 10.9. The molecule has 17 heavy (non-hydrogen) atoms. The molecule has 3 heteroatoms. The summed E-state index contributed by atoms with van der Waals surface area (Å²) in [5.41, 5.74) is 0.187. The summed E-state index contributed by atoms with van der Waals surface area (Å²) < 4.78 is 0. The Balaban J connectivity index is 2.68. The number of nitrogens with zero attached hydrogens (tertiary/aromatic N) is 1. The first-order valence-corrected chi connectivity index (χ1v) is 5.66. The fourth-order valence-electron chi connectivity index (χ4n) is 1.58. The van der Waals surface area contributed by atoms with Gasteiger partial charge in [0, 0.05) is 18.0 Å². The van der Waals surface area contributed by atoms with Crippen molar-refractivity contribution in [2.24, 2.45) is 5.41 Å². The average molecular weight is 233 g/mol. The molecule has 0 aromatic heterocycles. The van der Waals surface area contributed by atoms with Crippen LogP contribution in [0.4, 0.5) is 0 Å². The SMILES string of the molecule is CN(CC(=O)c1ccccc1)C(=O)C(C)(C)C. The minimum atomic E-state index is -0.453. The molecule has 0 fully saturated rings. The van der Waals surface area contributed by atoms with Gasteiger partial charge in [-0.2, -0.15) is 0 Å². The van der Waals surface area contributed by atoms with Gasteiger partial charge in [0.2, 0.25) is 5.91 Å². The summed E-state index contributed by atoms with van der Waals surface area (Å²) in [6.45, 7) is 5.66. The highest BCUT2D eigenvalue weighted by atomic mass is 16.2. The monoisotopic (exact) mass is 233 g/mol. The second-order valence-corrected chi connectivity index (χ2v) is 5.20. The van der Waals surface area contributed by atoms with Crippen molar-refractivity contribution < 1.29 is 9.59 Å². The minimum absolute atomic E-state index is 0.0261. The van der Waals surface area contributed by atoms with Crippen molar-refractivity contribution in [3.63, 3.8) is 0 Å². The average Bonchev–Trinajstić information content (AvgIpc) is 2.27. The van der Waals surface area contributed by atoms with Crippen molar-refractivity contribution in [2.45, 2.75) is 20.8 Å². The van der Waals surface area contributed by atoms with Gasteiger partial charge in [-0.15, -0.1) is 0 Å². The van der Waals surface area contributed by atoms with Crippen LogP contribution in [0.3, 0.4) is 0 Å². The number of ketones is 1. The van der Waals surface area contributed by atoms with Gasteiger partial charge in [0.15, 0.2) is 5.78 Å². The van der Waals surface area contributed by atoms with E-state index in [1.54, 1.807) is 19.2 Å². The lowest BCUT2D eigenvalue weighted by atomic mass is 9.95. The number of amides is 1. The highest BCUT2D eigenvalue weighted by molar-refractivity contribution is 5.99. The third-order valence-electron chi connectivity index (χ3n) is 2.46. The molecule has 3 nitrogen and oxygen atoms in total. The van der Waals surface area contributed by atoms with Crippen LogP contribution >= 0.6 is 0 Å². The van der Waals surface area contributed by atoms with Gasteiger partial charge in [-0.1, -0.05) is 51.1 Å². The van der Waals surface area contributed by atoms with E-state index in [9.17, 15) is 9.59 Å². The number of benzene rings is 1. The third-order valence-corrected chi connectivity index (χ3v) is 2.46. The Hall–Kier alpha value is -1.64. The van der Waals surface area contributed by atoms with Crippen molar-refractivity contribution in [1.29, 1.82) is 0 Å². The third kappa shape index (κ3) is 3.70. The van der Waals surface area contributed by atoms with Crippen LogP contribution in [-0.4, -0.2) is 30.2 Å². The Morgan fingerprint density at radius 2 is 1.65 bits per heavy atom. The number of hydrogen-bond donors (Lipinski definition) is 0. The van der Waals surface area contributed by atoms with Crippen LogP contribution in [-0.2, 0) is 4.79 Å². The Kier molecular flexibility index (Phi) is 4.05. The molecule has 0 unspecified atom stereocenters. The molecule has 1 amide bonds. The standard InChI is InChI=1S/C14H19NO2/c1-14(2,3)13(17)15(4)10-12(16)11-8-6-5-7-9-11/h5-9H,10H2,1-4H3. The second-order valence-electron chi connectivity index (χ2n) is 5.20. The number of hydrogen-bond acceptors (Lipinski definition) is 2. The van der Waals surface area contributed by atoms with E-state index in [1.807, 2.05) is 39.0 Å². The highest BCUT2D eigenvalue weighted by Gasteiger charge is 2.26. The van der Waals surface area contributed by atoms with Crippen molar-refractivity contribution in [3.05, 3.63) is 35.9 Å². The molecule has 1 aromatic carbocycles. The molecule has 0 saturated heterocycles. The van der Waals surface area contributed by atoms with E-state index in [1.165, 1.54) is 4.90 Å². The molecule has 0 N–H and O–H groups in total. The Labute approximate surface area is 102 Å². The largest absolute Gasteiger partial charge is 0.338 e. The van der Waals surface area contributed by atoms with Gasteiger partial charge < -0.3 is 4.90 Å². The van der Waals surface area contributed by atoms with Crippen LogP contribution < -0.4 is 0 Å². The summed E-state index contributed by atoms with van der Waals surface area (Å²) in [6.07, 6.45) is 0. The predicted octanol–water partition coefficient (Wildman–Crippen LogP) is 2.37. The normalized spacial score (nSPS) is 11.1. The van der Waals surface area contributed by atoms with Crippen molar-refractivity contribution >= 4 is 11.7 Å². The molecule has 92 valence electrons. The predicted molar refractivity (Wildman–Crippen MR) is 67.9 cm³/mol. The maximum atomic E-state index is 11.9. The number of carbonyl (C=O) groups is 2. The molecule has 1 rings (SSSR count). The first-order valence-electron chi connectivity index (χ1n) is 5.66. The van der Waals surface area contributed by atoms with Crippen LogP contribution in [0.25, 0.3) is 0 Å². The highest BCUT2D eigenvalue weighted by Crippen LogP contribution is 2.16. The topological polar surface area (TPSA) is 37.4 Å². The van der Waals surface area contributed by atoms with Gasteiger partial charge in [-0.25, -0.2) is 0 Å². The Bertz CT molecular complexity index is 404. The van der Waals surface area contributed by atoms with Gasteiger partial charge in [0.05, 0.1) is 6.54 Å². The van der Waals surface area contributed by atoms with E-state index < -0.39 is 5.41 Å². The summed E-state index contributed by atoms with van der Waals surface area (Å²) >= 11 is 0. The summed E-state index contributed by atoms with van der Waals surface area (Å²) in [6, 6.07) is 9.02. The molecule has 1 aromatic rings. The van der Waals surface area contributed by atoms with E-state index in [0.29, 0.717) is 5.56 Å². The van der Waals surface area contributed by atoms with Gasteiger partial charge in [-0.3, -0.25) is 9.59 Å². The van der Waals surface area contributed by atoms with E-state index in [0.717, 1.165) is 0 Å². The number of likely N-dealkylation sites (N-methyl/N-ethyl adjacent to an activating group) is 1. The maximum absolute atomic E-state index is 11.9. The lowest BCUT2D eigenvalue weighted by Gasteiger charge is -2.25. The van der Waals surface area contributed by atoms with Crippen LogP contribution in [0, 0.1) is 5.41 Å². The van der Waals surface area contributed by atoms with E-state index in [2.05, 4.69) is 0 Å². The van der Waals surface area contributed by atoms with E-state index in [4.69, 9.17) is 0 Å². The maximum Gasteiger partial charge on any atom is 0.228 e. The zero-order chi connectivity index (χ0) is 13.1. The summed E-state index contributed by atoms with van der Waals surface area (Å²) in [4.78, 5) is 25.3. The fourth-order valence-corrected chi connectivity index (χ4v) is 1.58. The lowest BCUT2D eigenvalue weighted by molar-refractivity contribution is -0.137. The molecule has 0 aliphatic carbocycles. The van der Waals surface area contributed by atoms with E-state index in [-0.39, 0.29) is 18.2 Å². The second kappa shape index (κ2) is 5.13. The number of Topliss-reactive ketones (excluding diaryl/α,β-unsaturated/α-hetero) is 1. The smallest absolute Gasteiger partial charge is 0.228 e. The van der Waals surface area contributed by atoms with Gasteiger partial charge in [0.1, 0.15) is 0 Å². The molecule has 0 aliphatic rings. The van der Waals surface area contributed by atoms with Crippen LogP contribution in [0.5, 0.6) is 0 Å². The van der Waals surface area contributed by atoms with Gasteiger partial charge in [0.25, 0.3) is 0 Å². The minimum Gasteiger partial charge on any atom is -0.338 e. The molecular weight excluding hydrogens is 214 g/mol. The molecule has 0 atom stereocenters. The molecule has 0 bridgehead atoms. The first-order chi connectivity index (χ1) is 7.82. The number of rotatable bonds is 3. The Morgan fingerprint density at radius 1 is 1.12 bits per heavy atom. The van der Waals surface area contributed by atoms with Crippen molar-refractivity contribution in [3.8, 4) is 0 Å². The zero-order valence-corrected chi connectivity index (χ0v) is 10.9. The fraction of sp³-hybridized carbons (Fsp3) is 0.429. The van der Waals surface area contributed by atoms with Crippen molar-refractivity contribution in [1.82, 2.24) is 4.90 Å². The molecular formula is C14H19NO2. The van der Waals surface area contributed by atoms with Gasteiger partial charge >= 0.3 is 0 Å². The Morgan fingerprint density at radius 3 is 2.12 bits per heavy atom. The molecule has 0 aliphatic heterocycles. The van der Waals surface area contributed by atoms with Crippen molar-refractivity contribution in [2.75, 3.05) is 13.6 Å². The molecule has 0 radical (unpaired) electrons. The first kappa shape index (κ1) is 13.4. The quantitative estimate of drug-likeness (QED) is 0.752. The summed E-state index contributed by atoms with van der Waals surface area (Å²) in [5, 5.41) is 0. The lowest BCUT2D eigenvalue weighted by Crippen LogP contribution is -2.39. The van der Waals surface area contributed by atoms with E-state index >= 15 is 0 Å². The molecule has 0 heterocycles. The van der Waals surface area contributed by atoms with Gasteiger partial charge in [-0.05, 0) is 0 Å². The number of carbonyl (C=O) groups excluding carboxylic acids is 2. The van der Waals surface area contributed by atoms with Crippen LogP contribution in [0.1, 0.15) is 31.1 Å². The van der Waals surface area contributed by atoms with Crippen LogP contribution in [0.15, 0.2) is 30.3 Å². The van der Waals surface area contributed by atoms with Crippen LogP contribution in [0.2, 0.25) is 0 Å². The molecule has 0 saturated carbocycles.